The lowest BCUT2D eigenvalue weighted by Crippen LogP contribution is -2.41. The van der Waals surface area contributed by atoms with Crippen molar-refractivity contribution in [3.05, 3.63) is 93.8 Å². The summed E-state index contributed by atoms with van der Waals surface area (Å²) in [5.41, 5.74) is 5.89. The Hall–Kier alpha value is -2.73. The van der Waals surface area contributed by atoms with Crippen LogP contribution in [0.15, 0.2) is 60.8 Å². The molecule has 1 aliphatic heterocycles. The fourth-order valence-corrected chi connectivity index (χ4v) is 5.94. The number of Topliss-reactive ketones (excluding diaryl/α,β-unsaturated/α-hetero) is 1. The smallest absolute Gasteiger partial charge is 0.159 e. The van der Waals surface area contributed by atoms with Gasteiger partial charge in [-0.25, -0.2) is 0 Å². The first-order valence-corrected chi connectivity index (χ1v) is 13.2. The maximum Gasteiger partial charge on any atom is 0.159 e. The van der Waals surface area contributed by atoms with Crippen LogP contribution in [0.2, 0.25) is 5.02 Å². The SMILES string of the molecule is CC(=O)c1cccc(OCC(O)CN2CCC(C3c4ccc(Cl)cc4CCc4cccnc43)CC2)c1. The Morgan fingerprint density at radius 2 is 1.92 bits per heavy atom. The molecule has 188 valence electrons. The minimum absolute atomic E-state index is 0.00100. The van der Waals surface area contributed by atoms with Crippen LogP contribution in [-0.2, 0) is 12.8 Å². The highest BCUT2D eigenvalue weighted by Crippen LogP contribution is 2.42. The zero-order valence-corrected chi connectivity index (χ0v) is 21.5. The number of halogens is 1. The quantitative estimate of drug-likeness (QED) is 0.441. The lowest BCUT2D eigenvalue weighted by molar-refractivity contribution is 0.0536. The number of aryl methyl sites for hydroxylation is 2. The van der Waals surface area contributed by atoms with Gasteiger partial charge in [0.2, 0.25) is 0 Å². The molecule has 2 atom stereocenters. The molecule has 2 heterocycles. The number of aliphatic hydroxyl groups excluding tert-OH is 1. The maximum absolute atomic E-state index is 11.6. The van der Waals surface area contributed by atoms with Crippen LogP contribution in [0.25, 0.3) is 0 Å². The van der Waals surface area contributed by atoms with Crippen LogP contribution in [0, 0.1) is 5.92 Å². The Labute approximate surface area is 218 Å². The number of benzene rings is 2. The second-order valence-electron chi connectivity index (χ2n) is 10.1. The largest absolute Gasteiger partial charge is 0.491 e. The average Bonchev–Trinajstić information content (AvgIpc) is 3.05. The fourth-order valence-electron chi connectivity index (χ4n) is 5.75. The van der Waals surface area contributed by atoms with Crippen LogP contribution in [0.3, 0.4) is 0 Å². The number of aromatic nitrogens is 1. The van der Waals surface area contributed by atoms with Gasteiger partial charge in [0, 0.05) is 29.2 Å². The number of piperidine rings is 1. The minimum Gasteiger partial charge on any atom is -0.491 e. The Bertz CT molecular complexity index is 1220. The summed E-state index contributed by atoms with van der Waals surface area (Å²) in [6, 6.07) is 17.7. The number of nitrogens with zero attached hydrogens (tertiary/aromatic N) is 2. The van der Waals surface area contributed by atoms with Crippen molar-refractivity contribution in [2.24, 2.45) is 5.92 Å². The van der Waals surface area contributed by atoms with E-state index in [-0.39, 0.29) is 18.3 Å². The van der Waals surface area contributed by atoms with Crippen LogP contribution in [0.1, 0.15) is 58.4 Å². The van der Waals surface area contributed by atoms with Crippen LogP contribution in [0.4, 0.5) is 0 Å². The number of carbonyl (C=O) groups is 1. The van der Waals surface area contributed by atoms with E-state index < -0.39 is 6.10 Å². The van der Waals surface area contributed by atoms with Gasteiger partial charge in [-0.1, -0.05) is 35.9 Å². The number of likely N-dealkylation sites (tertiary alicyclic amines) is 1. The van der Waals surface area contributed by atoms with E-state index in [4.69, 9.17) is 21.3 Å². The van der Waals surface area contributed by atoms with Gasteiger partial charge < -0.3 is 14.7 Å². The van der Waals surface area contributed by atoms with Gasteiger partial charge in [-0.3, -0.25) is 9.78 Å². The van der Waals surface area contributed by atoms with Crippen LogP contribution >= 0.6 is 11.6 Å². The van der Waals surface area contributed by atoms with Gasteiger partial charge in [0.1, 0.15) is 18.5 Å². The second-order valence-corrected chi connectivity index (χ2v) is 10.5. The molecule has 0 amide bonds. The normalized spacial score (nSPS) is 19.1. The molecule has 1 saturated heterocycles. The molecule has 1 fully saturated rings. The molecule has 36 heavy (non-hydrogen) atoms. The molecule has 2 aliphatic rings. The molecular formula is C30H33ClN2O3. The predicted octanol–water partition coefficient (Wildman–Crippen LogP) is 5.32. The van der Waals surface area contributed by atoms with E-state index in [0.717, 1.165) is 43.8 Å². The molecule has 1 aliphatic carbocycles. The molecular weight excluding hydrogens is 472 g/mol. The highest BCUT2D eigenvalue weighted by molar-refractivity contribution is 6.30. The standard InChI is InChI=1S/C30H33ClN2O3/c1-20(34)23-4-2-6-27(17-23)36-19-26(35)18-33-14-11-21(12-15-33)29-28-10-9-25(31)16-24(28)8-7-22-5-3-13-32-30(22)29/h2-6,9-10,13,16-17,21,26,29,35H,7-8,11-12,14-15,18-19H2,1H3. The first-order valence-electron chi connectivity index (χ1n) is 12.8. The highest BCUT2D eigenvalue weighted by Gasteiger charge is 2.34. The Balaban J connectivity index is 1.22. The van der Waals surface area contributed by atoms with Crippen molar-refractivity contribution in [3.8, 4) is 5.75 Å². The van der Waals surface area contributed by atoms with Gasteiger partial charge in [-0.15, -0.1) is 0 Å². The summed E-state index contributed by atoms with van der Waals surface area (Å²) in [5, 5.41) is 11.4. The number of ketones is 1. The molecule has 6 heteroatoms. The van der Waals surface area contributed by atoms with E-state index in [9.17, 15) is 9.90 Å². The number of hydrogen-bond donors (Lipinski definition) is 1. The summed E-state index contributed by atoms with van der Waals surface area (Å²) in [7, 11) is 0. The zero-order valence-electron chi connectivity index (χ0n) is 20.7. The summed E-state index contributed by atoms with van der Waals surface area (Å²) in [5.74, 6) is 1.38. The molecule has 5 nitrogen and oxygen atoms in total. The lowest BCUT2D eigenvalue weighted by atomic mass is 9.76. The van der Waals surface area contributed by atoms with Crippen LogP contribution < -0.4 is 4.74 Å². The van der Waals surface area contributed by atoms with Crippen molar-refractivity contribution in [3.63, 3.8) is 0 Å². The van der Waals surface area contributed by atoms with Gasteiger partial charge in [0.25, 0.3) is 0 Å². The number of aliphatic hydroxyl groups is 1. The Morgan fingerprint density at radius 1 is 1.11 bits per heavy atom. The number of rotatable bonds is 7. The number of pyridine rings is 1. The molecule has 3 aromatic rings. The van der Waals surface area contributed by atoms with Crippen molar-refractivity contribution in [2.45, 2.75) is 44.6 Å². The van der Waals surface area contributed by atoms with Gasteiger partial charge in [-0.2, -0.15) is 0 Å². The van der Waals surface area contributed by atoms with Gasteiger partial charge >= 0.3 is 0 Å². The Kier molecular flexibility index (Phi) is 7.70. The molecule has 0 bridgehead atoms. The van der Waals surface area contributed by atoms with Crippen molar-refractivity contribution in [2.75, 3.05) is 26.2 Å². The lowest BCUT2D eigenvalue weighted by Gasteiger charge is -2.37. The Morgan fingerprint density at radius 3 is 2.72 bits per heavy atom. The summed E-state index contributed by atoms with van der Waals surface area (Å²) in [6.45, 7) is 4.18. The zero-order chi connectivity index (χ0) is 25.1. The van der Waals surface area contributed by atoms with E-state index in [1.807, 2.05) is 24.4 Å². The third kappa shape index (κ3) is 5.64. The number of ether oxygens (including phenoxy) is 1. The van der Waals surface area contributed by atoms with Gasteiger partial charge in [0.05, 0.1) is 5.69 Å². The van der Waals surface area contributed by atoms with Crippen molar-refractivity contribution >= 4 is 17.4 Å². The second kappa shape index (κ2) is 11.1. The van der Waals surface area contributed by atoms with Crippen molar-refractivity contribution in [1.29, 1.82) is 0 Å². The maximum atomic E-state index is 11.6. The molecule has 0 saturated carbocycles. The average molecular weight is 505 g/mol. The van der Waals surface area contributed by atoms with Crippen molar-refractivity contribution < 1.29 is 14.6 Å². The molecule has 2 aromatic carbocycles. The van der Waals surface area contributed by atoms with Crippen LogP contribution in [-0.4, -0.2) is 53.1 Å². The topological polar surface area (TPSA) is 62.7 Å². The predicted molar refractivity (Wildman–Crippen MR) is 142 cm³/mol. The first kappa shape index (κ1) is 24.9. The van der Waals surface area contributed by atoms with E-state index in [1.54, 1.807) is 18.2 Å². The van der Waals surface area contributed by atoms with E-state index in [1.165, 1.54) is 29.3 Å². The molecule has 0 spiro atoms. The molecule has 5 rings (SSSR count). The summed E-state index contributed by atoms with van der Waals surface area (Å²) in [4.78, 5) is 18.8. The summed E-state index contributed by atoms with van der Waals surface area (Å²) < 4.78 is 5.77. The molecule has 2 unspecified atom stereocenters. The third-order valence-electron chi connectivity index (χ3n) is 7.58. The van der Waals surface area contributed by atoms with Gasteiger partial charge in [0.15, 0.2) is 5.78 Å². The number of β-amino-alcohol motifs (C(OH)–C–C–N with tert-alkyl or cyclic N) is 1. The van der Waals surface area contributed by atoms with E-state index >= 15 is 0 Å². The molecule has 0 radical (unpaired) electrons. The van der Waals surface area contributed by atoms with Gasteiger partial charge in [-0.05, 0) is 98.6 Å². The first-order chi connectivity index (χ1) is 17.5. The third-order valence-corrected chi connectivity index (χ3v) is 7.82. The number of fused-ring (bicyclic) bond motifs is 2. The van der Waals surface area contributed by atoms with E-state index in [0.29, 0.717) is 23.8 Å². The molecule has 1 aromatic heterocycles. The fraction of sp³-hybridized carbons (Fsp3) is 0.400. The number of hydrogen-bond acceptors (Lipinski definition) is 5. The van der Waals surface area contributed by atoms with E-state index in [2.05, 4.69) is 23.1 Å². The summed E-state index contributed by atoms with van der Waals surface area (Å²) in [6.07, 6.45) is 5.42. The highest BCUT2D eigenvalue weighted by atomic mass is 35.5. The number of carbonyl (C=O) groups excluding carboxylic acids is 1. The minimum atomic E-state index is -0.592. The summed E-state index contributed by atoms with van der Waals surface area (Å²) >= 11 is 6.36. The monoisotopic (exact) mass is 504 g/mol. The van der Waals surface area contributed by atoms with Crippen molar-refractivity contribution in [1.82, 2.24) is 9.88 Å². The molecule has 1 N–H and O–H groups in total. The van der Waals surface area contributed by atoms with Crippen LogP contribution in [0.5, 0.6) is 5.75 Å².